The van der Waals surface area contributed by atoms with Gasteiger partial charge in [0.1, 0.15) is 0 Å². The maximum absolute atomic E-state index is 11.3. The van der Waals surface area contributed by atoms with E-state index >= 15 is 0 Å². The van der Waals surface area contributed by atoms with Gasteiger partial charge in [-0.25, -0.2) is 0 Å². The summed E-state index contributed by atoms with van der Waals surface area (Å²) in [5.41, 5.74) is 5.24. The maximum Gasteiger partial charge on any atom is 0.233 e. The smallest absolute Gasteiger partial charge is 0.233 e. The van der Waals surface area contributed by atoms with Crippen molar-refractivity contribution in [2.24, 2.45) is 17.6 Å². The van der Waals surface area contributed by atoms with Crippen LogP contribution < -0.4 is 5.73 Å². The molecule has 1 aliphatic heterocycles. The molecule has 0 bridgehead atoms. The fourth-order valence-electron chi connectivity index (χ4n) is 1.56. The number of carbonyl (C=O) groups excluding carboxylic acids is 2. The number of carbonyl (C=O) groups is 2. The Labute approximate surface area is 74.7 Å². The average Bonchev–Trinajstić information content (AvgIpc) is 2.71. The van der Waals surface area contributed by atoms with Crippen LogP contribution in [-0.4, -0.2) is 28.2 Å². The highest BCUT2D eigenvalue weighted by atomic mass is 32.1. The molecule has 2 fully saturated rings. The molecular weight excluding hydrogens is 176 g/mol. The van der Waals surface area contributed by atoms with Crippen molar-refractivity contribution in [2.45, 2.75) is 6.42 Å². The maximum atomic E-state index is 11.3. The van der Waals surface area contributed by atoms with E-state index in [2.05, 4.69) is 12.2 Å². The number of hydrogen-bond donors (Lipinski definition) is 1. The standard InChI is InChI=1S/C7H8N2O2S/c8-5(12)2-9-6(10)3-1-4(3)7(9)11/h3-4H,1-2H2,(H2,8,12). The van der Waals surface area contributed by atoms with E-state index in [4.69, 9.17) is 5.73 Å². The molecule has 2 unspecified atom stereocenters. The molecule has 0 spiro atoms. The van der Waals surface area contributed by atoms with E-state index in [0.29, 0.717) is 0 Å². The predicted octanol–water partition coefficient (Wildman–Crippen LogP) is -0.723. The molecule has 2 aliphatic rings. The van der Waals surface area contributed by atoms with Crippen LogP contribution in [0.1, 0.15) is 6.42 Å². The van der Waals surface area contributed by atoms with Gasteiger partial charge in [0.05, 0.1) is 23.4 Å². The van der Waals surface area contributed by atoms with Crippen molar-refractivity contribution in [1.82, 2.24) is 4.90 Å². The molecule has 1 saturated carbocycles. The van der Waals surface area contributed by atoms with E-state index in [1.165, 1.54) is 4.90 Å². The zero-order valence-corrected chi connectivity index (χ0v) is 7.13. The first kappa shape index (κ1) is 7.67. The summed E-state index contributed by atoms with van der Waals surface area (Å²) < 4.78 is 0. The largest absolute Gasteiger partial charge is 0.392 e. The van der Waals surface area contributed by atoms with Gasteiger partial charge in [-0.2, -0.15) is 0 Å². The van der Waals surface area contributed by atoms with Gasteiger partial charge in [-0.1, -0.05) is 12.2 Å². The van der Waals surface area contributed by atoms with E-state index in [0.717, 1.165) is 6.42 Å². The Kier molecular flexibility index (Phi) is 1.44. The zero-order valence-electron chi connectivity index (χ0n) is 6.32. The zero-order chi connectivity index (χ0) is 8.88. The second-order valence-electron chi connectivity index (χ2n) is 3.18. The van der Waals surface area contributed by atoms with Crippen LogP contribution in [0.25, 0.3) is 0 Å². The first-order chi connectivity index (χ1) is 5.61. The third-order valence-electron chi connectivity index (χ3n) is 2.27. The summed E-state index contributed by atoms with van der Waals surface area (Å²) in [7, 11) is 0. The van der Waals surface area contributed by atoms with E-state index < -0.39 is 0 Å². The molecule has 2 amide bonds. The molecule has 0 aromatic heterocycles. The molecule has 0 radical (unpaired) electrons. The minimum absolute atomic E-state index is 0.0492. The molecule has 64 valence electrons. The van der Waals surface area contributed by atoms with Crippen LogP contribution in [0.3, 0.4) is 0 Å². The minimum Gasteiger partial charge on any atom is -0.392 e. The van der Waals surface area contributed by atoms with Crippen LogP contribution in [0.5, 0.6) is 0 Å². The van der Waals surface area contributed by atoms with Crippen LogP contribution in [0.4, 0.5) is 0 Å². The summed E-state index contributed by atoms with van der Waals surface area (Å²) >= 11 is 4.62. The number of thiocarbonyl (C=S) groups is 1. The third kappa shape index (κ3) is 0.929. The number of nitrogens with zero attached hydrogens (tertiary/aromatic N) is 1. The summed E-state index contributed by atoms with van der Waals surface area (Å²) in [5.74, 6) is -0.297. The molecule has 2 N–H and O–H groups in total. The van der Waals surface area contributed by atoms with Crippen molar-refractivity contribution in [3.8, 4) is 0 Å². The van der Waals surface area contributed by atoms with Gasteiger partial charge < -0.3 is 5.73 Å². The van der Waals surface area contributed by atoms with E-state index in [9.17, 15) is 9.59 Å². The van der Waals surface area contributed by atoms with Gasteiger partial charge in [0.2, 0.25) is 11.8 Å². The van der Waals surface area contributed by atoms with Crippen molar-refractivity contribution in [2.75, 3.05) is 6.54 Å². The van der Waals surface area contributed by atoms with Crippen LogP contribution in [0, 0.1) is 11.8 Å². The number of imide groups is 1. The van der Waals surface area contributed by atoms with Crippen LogP contribution >= 0.6 is 12.2 Å². The number of likely N-dealkylation sites (tertiary alicyclic amines) is 1. The van der Waals surface area contributed by atoms with E-state index in [1.54, 1.807) is 0 Å². The quantitative estimate of drug-likeness (QED) is 0.454. The normalized spacial score (nSPS) is 32.2. The lowest BCUT2D eigenvalue weighted by molar-refractivity contribution is -0.140. The number of fused-ring (bicyclic) bond motifs is 1. The van der Waals surface area contributed by atoms with Gasteiger partial charge in [0.25, 0.3) is 0 Å². The summed E-state index contributed by atoms with van der Waals surface area (Å²) in [6.07, 6.45) is 0.728. The van der Waals surface area contributed by atoms with Gasteiger partial charge in [-0.05, 0) is 6.42 Å². The van der Waals surface area contributed by atoms with Crippen molar-refractivity contribution in [3.05, 3.63) is 0 Å². The second-order valence-corrected chi connectivity index (χ2v) is 3.70. The Morgan fingerprint density at radius 3 is 2.42 bits per heavy atom. The average molecular weight is 184 g/mol. The summed E-state index contributed by atoms with van der Waals surface area (Å²) in [5, 5.41) is 0. The molecule has 2 atom stereocenters. The van der Waals surface area contributed by atoms with E-state index in [1.807, 2.05) is 0 Å². The van der Waals surface area contributed by atoms with Gasteiger partial charge in [-0.3, -0.25) is 14.5 Å². The molecular formula is C7H8N2O2S. The minimum atomic E-state index is -0.0993. The fourth-order valence-corrected chi connectivity index (χ4v) is 1.69. The van der Waals surface area contributed by atoms with Crippen LogP contribution in [0.15, 0.2) is 0 Å². The molecule has 1 saturated heterocycles. The number of nitrogens with two attached hydrogens (primary N) is 1. The van der Waals surface area contributed by atoms with Gasteiger partial charge in [0, 0.05) is 0 Å². The highest BCUT2D eigenvalue weighted by molar-refractivity contribution is 7.80. The van der Waals surface area contributed by atoms with E-state index in [-0.39, 0.29) is 35.2 Å². The first-order valence-corrected chi connectivity index (χ1v) is 4.15. The van der Waals surface area contributed by atoms with Crippen molar-refractivity contribution in [1.29, 1.82) is 0 Å². The number of rotatable bonds is 2. The van der Waals surface area contributed by atoms with Crippen molar-refractivity contribution >= 4 is 29.0 Å². The highest BCUT2D eigenvalue weighted by Crippen LogP contribution is 2.46. The van der Waals surface area contributed by atoms with Gasteiger partial charge in [0.15, 0.2) is 0 Å². The van der Waals surface area contributed by atoms with Crippen LogP contribution in [0.2, 0.25) is 0 Å². The molecule has 12 heavy (non-hydrogen) atoms. The lowest BCUT2D eigenvalue weighted by atomic mass is 10.4. The SMILES string of the molecule is NC(=S)CN1C(=O)C2CC2C1=O. The number of hydrogen-bond acceptors (Lipinski definition) is 3. The first-order valence-electron chi connectivity index (χ1n) is 3.75. The third-order valence-corrected chi connectivity index (χ3v) is 2.40. The summed E-state index contributed by atoms with van der Waals surface area (Å²) in [4.78, 5) is 23.9. The van der Waals surface area contributed by atoms with Crippen molar-refractivity contribution < 1.29 is 9.59 Å². The topological polar surface area (TPSA) is 63.4 Å². The lowest BCUT2D eigenvalue weighted by Crippen LogP contribution is -2.39. The molecule has 1 aliphatic carbocycles. The fraction of sp³-hybridized carbons (Fsp3) is 0.571. The Morgan fingerprint density at radius 1 is 1.50 bits per heavy atom. The lowest BCUT2D eigenvalue weighted by Gasteiger charge is -2.14. The summed E-state index contributed by atoms with van der Waals surface area (Å²) in [6.45, 7) is 0.111. The molecule has 0 aromatic rings. The predicted molar refractivity (Wildman–Crippen MR) is 45.1 cm³/mol. The Balaban J connectivity index is 2.12. The number of amides is 2. The Bertz CT molecular complexity index is 269. The number of piperidine rings is 1. The molecule has 0 aromatic carbocycles. The molecule has 4 nitrogen and oxygen atoms in total. The van der Waals surface area contributed by atoms with Gasteiger partial charge in [-0.15, -0.1) is 0 Å². The summed E-state index contributed by atoms with van der Waals surface area (Å²) in [6, 6.07) is 0. The van der Waals surface area contributed by atoms with Gasteiger partial charge >= 0.3 is 0 Å². The monoisotopic (exact) mass is 184 g/mol. The Morgan fingerprint density at radius 2 is 2.00 bits per heavy atom. The van der Waals surface area contributed by atoms with Crippen molar-refractivity contribution in [3.63, 3.8) is 0 Å². The highest BCUT2D eigenvalue weighted by Gasteiger charge is 2.58. The Hall–Kier alpha value is -0.970. The van der Waals surface area contributed by atoms with Crippen LogP contribution in [-0.2, 0) is 9.59 Å². The second kappa shape index (κ2) is 2.26. The molecule has 5 heteroatoms. The molecule has 2 rings (SSSR count). The molecule has 1 heterocycles.